The Morgan fingerprint density at radius 2 is 2.14 bits per heavy atom. The van der Waals surface area contributed by atoms with Gasteiger partial charge in [-0.15, -0.1) is 0 Å². The number of nitrogens with zero attached hydrogens (tertiary/aromatic N) is 1. The predicted molar refractivity (Wildman–Crippen MR) is 82.9 cm³/mol. The summed E-state index contributed by atoms with van der Waals surface area (Å²) in [5.74, 6) is 0.445. The highest BCUT2D eigenvalue weighted by atomic mass is 16.2. The molecule has 3 rings (SSSR count). The fraction of sp³-hybridized carbons (Fsp3) is 0.412. The molecule has 1 unspecified atom stereocenters. The van der Waals surface area contributed by atoms with Gasteiger partial charge >= 0.3 is 0 Å². The van der Waals surface area contributed by atoms with Crippen molar-refractivity contribution in [3.05, 3.63) is 46.3 Å². The molecule has 0 saturated heterocycles. The molecule has 0 fully saturated rings. The highest BCUT2D eigenvalue weighted by molar-refractivity contribution is 5.99. The largest absolute Gasteiger partial charge is 0.385 e. The Bertz CT molecular complexity index is 673. The van der Waals surface area contributed by atoms with Crippen LogP contribution in [0.1, 0.15) is 43.0 Å². The Hall–Kier alpha value is -2.10. The summed E-state index contributed by atoms with van der Waals surface area (Å²) in [5, 5.41) is 7.58. The molecule has 3 N–H and O–H groups in total. The van der Waals surface area contributed by atoms with E-state index < -0.39 is 5.41 Å². The quantitative estimate of drug-likeness (QED) is 0.819. The minimum absolute atomic E-state index is 0.000368. The molecule has 1 heterocycles. The maximum Gasteiger partial charge on any atom is 0.238 e. The van der Waals surface area contributed by atoms with Crippen LogP contribution in [0.2, 0.25) is 0 Å². The second kappa shape index (κ2) is 4.45. The number of hydrogen-bond donors (Lipinski definition) is 2. The van der Waals surface area contributed by atoms with Gasteiger partial charge in [0, 0.05) is 11.8 Å². The van der Waals surface area contributed by atoms with Gasteiger partial charge in [0.1, 0.15) is 5.82 Å². The first-order valence-corrected chi connectivity index (χ1v) is 7.32. The fourth-order valence-electron chi connectivity index (χ4n) is 3.67. The monoisotopic (exact) mass is 283 g/mol. The molecule has 1 atom stereocenters. The molecule has 4 heteroatoms. The van der Waals surface area contributed by atoms with E-state index in [-0.39, 0.29) is 11.9 Å². The van der Waals surface area contributed by atoms with Crippen molar-refractivity contribution < 1.29 is 4.79 Å². The van der Waals surface area contributed by atoms with Crippen LogP contribution in [0.5, 0.6) is 0 Å². The average Bonchev–Trinajstić information content (AvgIpc) is 2.90. The van der Waals surface area contributed by atoms with Crippen LogP contribution in [0.4, 0.5) is 0 Å². The highest BCUT2D eigenvalue weighted by Crippen LogP contribution is 2.46. The molecular weight excluding hydrogens is 262 g/mol. The Balaban J connectivity index is 2.11. The lowest BCUT2D eigenvalue weighted by Gasteiger charge is -2.29. The number of carbonyl (C=O) groups is 1. The zero-order valence-electron chi connectivity index (χ0n) is 12.7. The Labute approximate surface area is 125 Å². The van der Waals surface area contributed by atoms with E-state index in [0.29, 0.717) is 11.4 Å². The van der Waals surface area contributed by atoms with Crippen molar-refractivity contribution >= 4 is 12.1 Å². The zero-order chi connectivity index (χ0) is 15.4. The molecule has 1 aliphatic carbocycles. The maximum absolute atomic E-state index is 12.8. The molecule has 0 aromatic heterocycles. The SMILES string of the molecule is Cc1cccc2c1C(N1C(=O)C(C)(C)C(C=N)=C1N)CC2. The van der Waals surface area contributed by atoms with Crippen LogP contribution in [-0.4, -0.2) is 17.0 Å². The van der Waals surface area contributed by atoms with Gasteiger partial charge in [0.05, 0.1) is 11.5 Å². The predicted octanol–water partition coefficient (Wildman–Crippen LogP) is 2.67. The number of rotatable bonds is 2. The van der Waals surface area contributed by atoms with E-state index in [1.807, 2.05) is 13.8 Å². The van der Waals surface area contributed by atoms with Gasteiger partial charge in [0.15, 0.2) is 0 Å². The third-order valence-corrected chi connectivity index (χ3v) is 4.85. The summed E-state index contributed by atoms with van der Waals surface area (Å²) in [6, 6.07) is 6.28. The van der Waals surface area contributed by atoms with Crippen molar-refractivity contribution in [2.24, 2.45) is 11.1 Å². The average molecular weight is 283 g/mol. The smallest absolute Gasteiger partial charge is 0.238 e. The van der Waals surface area contributed by atoms with Crippen molar-refractivity contribution in [1.29, 1.82) is 5.41 Å². The normalized spacial score (nSPS) is 23.7. The number of amides is 1. The Kier molecular flexibility index (Phi) is 2.94. The molecule has 1 aromatic rings. The lowest BCUT2D eigenvalue weighted by Crippen LogP contribution is -2.37. The van der Waals surface area contributed by atoms with E-state index in [2.05, 4.69) is 25.1 Å². The molecule has 1 aromatic carbocycles. The zero-order valence-corrected chi connectivity index (χ0v) is 12.7. The van der Waals surface area contributed by atoms with Gasteiger partial charge < -0.3 is 11.1 Å². The van der Waals surface area contributed by atoms with Crippen LogP contribution in [0.25, 0.3) is 0 Å². The number of aryl methyl sites for hydroxylation is 2. The fourth-order valence-corrected chi connectivity index (χ4v) is 3.67. The van der Waals surface area contributed by atoms with Crippen LogP contribution in [0.3, 0.4) is 0 Å². The summed E-state index contributed by atoms with van der Waals surface area (Å²) >= 11 is 0. The molecule has 0 spiro atoms. The summed E-state index contributed by atoms with van der Waals surface area (Å²) in [7, 11) is 0. The molecule has 0 saturated carbocycles. The summed E-state index contributed by atoms with van der Waals surface area (Å²) in [6.07, 6.45) is 3.09. The van der Waals surface area contributed by atoms with E-state index in [9.17, 15) is 4.79 Å². The molecule has 4 nitrogen and oxygen atoms in total. The first kappa shape index (κ1) is 13.9. The van der Waals surface area contributed by atoms with Crippen molar-refractivity contribution in [2.75, 3.05) is 0 Å². The summed E-state index contributed by atoms with van der Waals surface area (Å²) in [5.41, 5.74) is 9.87. The number of nitrogens with one attached hydrogen (secondary N) is 1. The van der Waals surface area contributed by atoms with Gasteiger partial charge in [-0.2, -0.15) is 0 Å². The number of carbonyl (C=O) groups excluding carboxylic acids is 1. The minimum Gasteiger partial charge on any atom is -0.385 e. The van der Waals surface area contributed by atoms with E-state index in [4.69, 9.17) is 11.1 Å². The van der Waals surface area contributed by atoms with Crippen LogP contribution < -0.4 is 5.73 Å². The first-order chi connectivity index (χ1) is 9.89. The number of hydrogen-bond acceptors (Lipinski definition) is 3. The Morgan fingerprint density at radius 1 is 1.43 bits per heavy atom. The summed E-state index contributed by atoms with van der Waals surface area (Å²) in [6.45, 7) is 5.77. The Morgan fingerprint density at radius 3 is 2.76 bits per heavy atom. The number of nitrogens with two attached hydrogens (primary N) is 1. The second-order valence-electron chi connectivity index (χ2n) is 6.45. The van der Waals surface area contributed by atoms with Crippen molar-refractivity contribution in [3.8, 4) is 0 Å². The molecule has 21 heavy (non-hydrogen) atoms. The van der Waals surface area contributed by atoms with Crippen LogP contribution in [0, 0.1) is 17.7 Å². The maximum atomic E-state index is 12.8. The van der Waals surface area contributed by atoms with Crippen molar-refractivity contribution in [1.82, 2.24) is 4.90 Å². The first-order valence-electron chi connectivity index (χ1n) is 7.32. The lowest BCUT2D eigenvalue weighted by molar-refractivity contribution is -0.136. The van der Waals surface area contributed by atoms with E-state index in [0.717, 1.165) is 12.8 Å². The highest BCUT2D eigenvalue weighted by Gasteiger charge is 2.48. The van der Waals surface area contributed by atoms with Gasteiger partial charge in [-0.05, 0) is 50.3 Å². The van der Waals surface area contributed by atoms with Crippen LogP contribution >= 0.6 is 0 Å². The molecule has 2 aliphatic rings. The minimum atomic E-state index is -0.711. The molecule has 1 aliphatic heterocycles. The van der Waals surface area contributed by atoms with Crippen LogP contribution in [0.15, 0.2) is 29.6 Å². The molecule has 1 amide bonds. The van der Waals surface area contributed by atoms with E-state index >= 15 is 0 Å². The van der Waals surface area contributed by atoms with Gasteiger partial charge in [-0.3, -0.25) is 9.69 Å². The topological polar surface area (TPSA) is 70.2 Å². The molecule has 0 bridgehead atoms. The van der Waals surface area contributed by atoms with Crippen molar-refractivity contribution in [3.63, 3.8) is 0 Å². The standard InChI is InChI=1S/C17H21N3O/c1-10-5-4-6-11-7-8-13(14(10)11)20-15(19)12(9-18)17(2,3)16(20)21/h4-6,9,13,18H,7-8,19H2,1-3H3. The van der Waals surface area contributed by atoms with E-state index in [1.165, 1.54) is 22.9 Å². The lowest BCUT2D eigenvalue weighted by atomic mass is 9.86. The van der Waals surface area contributed by atoms with Gasteiger partial charge in [0.25, 0.3) is 0 Å². The van der Waals surface area contributed by atoms with Gasteiger partial charge in [-0.1, -0.05) is 18.2 Å². The third-order valence-electron chi connectivity index (χ3n) is 4.85. The van der Waals surface area contributed by atoms with Crippen LogP contribution in [-0.2, 0) is 11.2 Å². The van der Waals surface area contributed by atoms with Crippen molar-refractivity contribution in [2.45, 2.75) is 39.7 Å². The summed E-state index contributed by atoms with van der Waals surface area (Å²) in [4.78, 5) is 14.5. The third kappa shape index (κ3) is 1.75. The summed E-state index contributed by atoms with van der Waals surface area (Å²) < 4.78 is 0. The van der Waals surface area contributed by atoms with E-state index in [1.54, 1.807) is 4.90 Å². The molecule has 0 radical (unpaired) electrons. The molecule has 110 valence electrons. The van der Waals surface area contributed by atoms with Gasteiger partial charge in [-0.25, -0.2) is 0 Å². The number of fused-ring (bicyclic) bond motifs is 1. The number of benzene rings is 1. The second-order valence-corrected chi connectivity index (χ2v) is 6.45. The molecular formula is C17H21N3O. The van der Waals surface area contributed by atoms with Gasteiger partial charge in [0.2, 0.25) is 5.91 Å².